The summed E-state index contributed by atoms with van der Waals surface area (Å²) in [5.74, 6) is 0.891. The van der Waals surface area contributed by atoms with Crippen LogP contribution in [0.1, 0.15) is 11.3 Å². The van der Waals surface area contributed by atoms with Crippen LogP contribution in [0.15, 0.2) is 41.7 Å². The second kappa shape index (κ2) is 5.58. The van der Waals surface area contributed by atoms with Crippen LogP contribution in [0.4, 0.5) is 0 Å². The number of ether oxygens (including phenoxy) is 1. The highest BCUT2D eigenvalue weighted by molar-refractivity contribution is 6.31. The van der Waals surface area contributed by atoms with Gasteiger partial charge in [-0.15, -0.1) is 0 Å². The summed E-state index contributed by atoms with van der Waals surface area (Å²) in [4.78, 5) is 4.02. The number of nitrogens with two attached hydrogens (primary N) is 1. The zero-order valence-corrected chi connectivity index (χ0v) is 10.9. The summed E-state index contributed by atoms with van der Waals surface area (Å²) in [5, 5.41) is 12.3. The van der Waals surface area contributed by atoms with Gasteiger partial charge < -0.3 is 15.7 Å². The molecule has 0 saturated carbocycles. The van der Waals surface area contributed by atoms with E-state index >= 15 is 0 Å². The highest BCUT2D eigenvalue weighted by Crippen LogP contribution is 2.27. The van der Waals surface area contributed by atoms with E-state index < -0.39 is 0 Å². The topological polar surface area (TPSA) is 80.7 Å². The summed E-state index contributed by atoms with van der Waals surface area (Å²) in [6.07, 6.45) is 1.54. The van der Waals surface area contributed by atoms with Crippen molar-refractivity contribution in [2.24, 2.45) is 10.9 Å². The Kier molecular flexibility index (Phi) is 3.87. The molecule has 0 fully saturated rings. The highest BCUT2D eigenvalue weighted by Gasteiger charge is 2.10. The second-order valence-corrected chi connectivity index (χ2v) is 4.26. The maximum Gasteiger partial charge on any atom is 0.192 e. The summed E-state index contributed by atoms with van der Waals surface area (Å²) >= 11 is 5.95. The fourth-order valence-electron chi connectivity index (χ4n) is 1.52. The SMILES string of the molecule is Cc1cc(Oc2cccnc2/C(N)=N/O)ccc1Cl. The predicted molar refractivity (Wildman–Crippen MR) is 73.0 cm³/mol. The maximum absolute atomic E-state index is 8.71. The van der Waals surface area contributed by atoms with E-state index in [4.69, 9.17) is 27.3 Å². The summed E-state index contributed by atoms with van der Waals surface area (Å²) in [6, 6.07) is 8.66. The van der Waals surface area contributed by atoms with Gasteiger partial charge in [-0.1, -0.05) is 16.8 Å². The van der Waals surface area contributed by atoms with Crippen LogP contribution < -0.4 is 10.5 Å². The first-order valence-electron chi connectivity index (χ1n) is 5.48. The molecular formula is C13H12ClN3O2. The third kappa shape index (κ3) is 2.95. The van der Waals surface area contributed by atoms with E-state index in [2.05, 4.69) is 10.1 Å². The van der Waals surface area contributed by atoms with Gasteiger partial charge in [0.2, 0.25) is 0 Å². The lowest BCUT2D eigenvalue weighted by molar-refractivity contribution is 0.318. The first-order valence-corrected chi connectivity index (χ1v) is 5.86. The molecule has 5 nitrogen and oxygen atoms in total. The number of aromatic nitrogens is 1. The van der Waals surface area contributed by atoms with E-state index in [9.17, 15) is 0 Å². The maximum atomic E-state index is 8.71. The van der Waals surface area contributed by atoms with Crippen LogP contribution in [-0.2, 0) is 0 Å². The lowest BCUT2D eigenvalue weighted by Crippen LogP contribution is -2.15. The van der Waals surface area contributed by atoms with Crippen molar-refractivity contribution in [3.05, 3.63) is 52.8 Å². The molecule has 19 heavy (non-hydrogen) atoms. The van der Waals surface area contributed by atoms with Crippen LogP contribution in [-0.4, -0.2) is 16.0 Å². The largest absolute Gasteiger partial charge is 0.455 e. The van der Waals surface area contributed by atoms with Crippen LogP contribution in [0, 0.1) is 6.92 Å². The van der Waals surface area contributed by atoms with E-state index in [0.29, 0.717) is 16.5 Å². The number of nitrogens with zero attached hydrogens (tertiary/aromatic N) is 2. The quantitative estimate of drug-likeness (QED) is 0.391. The summed E-state index contributed by atoms with van der Waals surface area (Å²) < 4.78 is 5.68. The Labute approximate surface area is 115 Å². The molecule has 2 rings (SSSR count). The number of hydrogen-bond donors (Lipinski definition) is 2. The standard InChI is InChI=1S/C13H12ClN3O2/c1-8-7-9(4-5-10(8)14)19-11-3-2-6-16-12(11)13(15)17-18/h2-7,18H,1H3,(H2,15,17). The molecule has 1 aromatic carbocycles. The Bertz CT molecular complexity index is 629. The first-order chi connectivity index (χ1) is 9.11. The number of amidine groups is 1. The second-order valence-electron chi connectivity index (χ2n) is 3.85. The van der Waals surface area contributed by atoms with Crippen molar-refractivity contribution < 1.29 is 9.94 Å². The molecule has 1 heterocycles. The number of aryl methyl sites for hydroxylation is 1. The van der Waals surface area contributed by atoms with Gasteiger partial charge in [0, 0.05) is 11.2 Å². The van der Waals surface area contributed by atoms with Crippen molar-refractivity contribution in [3.63, 3.8) is 0 Å². The number of pyridine rings is 1. The van der Waals surface area contributed by atoms with Gasteiger partial charge in [-0.25, -0.2) is 4.98 Å². The average Bonchev–Trinajstić information content (AvgIpc) is 2.43. The molecule has 0 bridgehead atoms. The first kappa shape index (κ1) is 13.2. The van der Waals surface area contributed by atoms with Gasteiger partial charge in [0.15, 0.2) is 17.3 Å². The third-order valence-corrected chi connectivity index (χ3v) is 2.90. The smallest absolute Gasteiger partial charge is 0.192 e. The van der Waals surface area contributed by atoms with Gasteiger partial charge in [0.25, 0.3) is 0 Å². The van der Waals surface area contributed by atoms with E-state index in [0.717, 1.165) is 5.56 Å². The summed E-state index contributed by atoms with van der Waals surface area (Å²) in [5.41, 5.74) is 6.71. The van der Waals surface area contributed by atoms with E-state index in [1.807, 2.05) is 6.92 Å². The Balaban J connectivity index is 2.35. The van der Waals surface area contributed by atoms with Crippen molar-refractivity contribution in [2.45, 2.75) is 6.92 Å². The van der Waals surface area contributed by atoms with Crippen LogP contribution in [0.3, 0.4) is 0 Å². The molecule has 0 amide bonds. The normalized spacial score (nSPS) is 11.4. The molecule has 3 N–H and O–H groups in total. The number of halogens is 1. The Morgan fingerprint density at radius 3 is 2.89 bits per heavy atom. The minimum atomic E-state index is -0.110. The molecule has 0 aliphatic heterocycles. The molecule has 2 aromatic rings. The van der Waals surface area contributed by atoms with Crippen LogP contribution in [0.5, 0.6) is 11.5 Å². The minimum Gasteiger partial charge on any atom is -0.455 e. The molecule has 0 atom stereocenters. The fourth-order valence-corrected chi connectivity index (χ4v) is 1.64. The average molecular weight is 278 g/mol. The van der Waals surface area contributed by atoms with E-state index in [-0.39, 0.29) is 11.5 Å². The lowest BCUT2D eigenvalue weighted by Gasteiger charge is -2.10. The van der Waals surface area contributed by atoms with Crippen molar-refractivity contribution in [2.75, 3.05) is 0 Å². The molecule has 0 aliphatic rings. The molecule has 0 unspecified atom stereocenters. The van der Waals surface area contributed by atoms with Crippen LogP contribution in [0.25, 0.3) is 0 Å². The minimum absolute atomic E-state index is 0.110. The molecule has 6 heteroatoms. The van der Waals surface area contributed by atoms with Gasteiger partial charge in [0.05, 0.1) is 0 Å². The zero-order chi connectivity index (χ0) is 13.8. The fraction of sp³-hybridized carbons (Fsp3) is 0.0769. The van der Waals surface area contributed by atoms with Crippen molar-refractivity contribution in [1.82, 2.24) is 4.98 Å². The monoisotopic (exact) mass is 277 g/mol. The highest BCUT2D eigenvalue weighted by atomic mass is 35.5. The Morgan fingerprint density at radius 2 is 2.21 bits per heavy atom. The Hall–Kier alpha value is -2.27. The number of benzene rings is 1. The summed E-state index contributed by atoms with van der Waals surface area (Å²) in [7, 11) is 0. The van der Waals surface area contributed by atoms with Gasteiger partial charge in [-0.3, -0.25) is 0 Å². The molecule has 0 saturated heterocycles. The van der Waals surface area contributed by atoms with Crippen molar-refractivity contribution in [1.29, 1.82) is 0 Å². The lowest BCUT2D eigenvalue weighted by atomic mass is 10.2. The molecule has 0 aliphatic carbocycles. The molecule has 0 radical (unpaired) electrons. The van der Waals surface area contributed by atoms with Crippen molar-refractivity contribution in [3.8, 4) is 11.5 Å². The molecule has 98 valence electrons. The van der Waals surface area contributed by atoms with Crippen LogP contribution >= 0.6 is 11.6 Å². The van der Waals surface area contributed by atoms with Crippen LogP contribution in [0.2, 0.25) is 5.02 Å². The summed E-state index contributed by atoms with van der Waals surface area (Å²) in [6.45, 7) is 1.88. The van der Waals surface area contributed by atoms with Gasteiger partial charge in [0.1, 0.15) is 5.75 Å². The Morgan fingerprint density at radius 1 is 1.42 bits per heavy atom. The van der Waals surface area contributed by atoms with Gasteiger partial charge in [-0.2, -0.15) is 0 Å². The number of oxime groups is 1. The van der Waals surface area contributed by atoms with Gasteiger partial charge >= 0.3 is 0 Å². The van der Waals surface area contributed by atoms with E-state index in [1.54, 1.807) is 30.3 Å². The zero-order valence-electron chi connectivity index (χ0n) is 10.2. The molecular weight excluding hydrogens is 266 g/mol. The van der Waals surface area contributed by atoms with Gasteiger partial charge in [-0.05, 0) is 42.8 Å². The molecule has 1 aromatic heterocycles. The van der Waals surface area contributed by atoms with E-state index in [1.165, 1.54) is 6.20 Å². The predicted octanol–water partition coefficient (Wildman–Crippen LogP) is 2.93. The third-order valence-electron chi connectivity index (χ3n) is 2.48. The van der Waals surface area contributed by atoms with Crippen molar-refractivity contribution >= 4 is 17.4 Å². The molecule has 0 spiro atoms. The number of hydrogen-bond acceptors (Lipinski definition) is 4. The number of rotatable bonds is 3.